The summed E-state index contributed by atoms with van der Waals surface area (Å²) in [6.45, 7) is 3.62. The van der Waals surface area contributed by atoms with Crippen molar-refractivity contribution >= 4 is 21.6 Å². The fraction of sp³-hybridized carbons (Fsp3) is 0.208. The van der Waals surface area contributed by atoms with E-state index >= 15 is 0 Å². The number of carbonyl (C=O) groups excluding carboxylic acids is 1. The minimum Gasteiger partial charge on any atom is -0.350 e. The molecular weight excluding hydrogens is 415 g/mol. The average Bonchev–Trinajstić information content (AvgIpc) is 2.77. The minimum absolute atomic E-state index is 0.121. The Morgan fingerprint density at radius 3 is 2.26 bits per heavy atom. The second-order valence-corrected chi connectivity index (χ2v) is 9.07. The van der Waals surface area contributed by atoms with E-state index in [2.05, 4.69) is 5.32 Å². The molecule has 3 aromatic carbocycles. The zero-order chi connectivity index (χ0) is 22.4. The highest BCUT2D eigenvalue weighted by atomic mass is 32.2. The van der Waals surface area contributed by atoms with Gasteiger partial charge in [0.2, 0.25) is 5.91 Å². The zero-order valence-corrected chi connectivity index (χ0v) is 18.3. The number of halogens is 1. The summed E-state index contributed by atoms with van der Waals surface area (Å²) in [5.74, 6) is -0.812. The molecule has 0 atom stereocenters. The summed E-state index contributed by atoms with van der Waals surface area (Å²) < 4.78 is 41.2. The third kappa shape index (κ3) is 5.49. The van der Waals surface area contributed by atoms with Gasteiger partial charge in [0.05, 0.1) is 10.6 Å². The Hall–Kier alpha value is -3.19. The van der Waals surface area contributed by atoms with E-state index in [1.54, 1.807) is 48.5 Å². The minimum atomic E-state index is -3.96. The summed E-state index contributed by atoms with van der Waals surface area (Å²) in [7, 11) is -3.96. The van der Waals surface area contributed by atoms with Crippen molar-refractivity contribution in [2.45, 2.75) is 31.7 Å². The lowest BCUT2D eigenvalue weighted by Crippen LogP contribution is -2.41. The van der Waals surface area contributed by atoms with Gasteiger partial charge in [0.15, 0.2) is 0 Å². The van der Waals surface area contributed by atoms with Gasteiger partial charge in [-0.3, -0.25) is 9.10 Å². The maximum atomic E-state index is 13.5. The Labute approximate surface area is 182 Å². The zero-order valence-electron chi connectivity index (χ0n) is 17.5. The Balaban J connectivity index is 1.89. The Bertz CT molecular complexity index is 1140. The number of carbonyl (C=O) groups is 1. The third-order valence-corrected chi connectivity index (χ3v) is 6.71. The molecule has 7 heteroatoms. The second kappa shape index (κ2) is 9.75. The Kier molecular flexibility index (Phi) is 7.07. The lowest BCUT2D eigenvalue weighted by atomic mass is 10.1. The van der Waals surface area contributed by atoms with Gasteiger partial charge >= 0.3 is 0 Å². The lowest BCUT2D eigenvalue weighted by molar-refractivity contribution is -0.119. The van der Waals surface area contributed by atoms with E-state index in [1.165, 1.54) is 12.1 Å². The maximum Gasteiger partial charge on any atom is 0.264 e. The van der Waals surface area contributed by atoms with E-state index in [1.807, 2.05) is 26.0 Å². The van der Waals surface area contributed by atoms with Gasteiger partial charge in [-0.15, -0.1) is 0 Å². The quantitative estimate of drug-likeness (QED) is 0.571. The van der Waals surface area contributed by atoms with Crippen LogP contribution < -0.4 is 9.62 Å². The Morgan fingerprint density at radius 2 is 1.61 bits per heavy atom. The first-order chi connectivity index (χ1) is 14.8. The molecule has 0 aliphatic carbocycles. The van der Waals surface area contributed by atoms with Gasteiger partial charge in [0.1, 0.15) is 12.4 Å². The lowest BCUT2D eigenvalue weighted by Gasteiger charge is -2.26. The number of nitrogens with one attached hydrogen (secondary N) is 1. The summed E-state index contributed by atoms with van der Waals surface area (Å²) in [6, 6.07) is 19.5. The molecule has 0 aliphatic heterocycles. The number of hydrogen-bond donors (Lipinski definition) is 1. The molecule has 162 valence electrons. The van der Waals surface area contributed by atoms with E-state index in [0.717, 1.165) is 21.0 Å². The molecule has 3 rings (SSSR count). The predicted octanol–water partition coefficient (Wildman–Crippen LogP) is 4.21. The summed E-state index contributed by atoms with van der Waals surface area (Å²) in [5, 5.41) is 2.72. The number of amides is 1. The second-order valence-electron chi connectivity index (χ2n) is 7.21. The fourth-order valence-electron chi connectivity index (χ4n) is 3.18. The predicted molar refractivity (Wildman–Crippen MR) is 120 cm³/mol. The molecule has 1 N–H and O–H groups in total. The van der Waals surface area contributed by atoms with Crippen LogP contribution in [0, 0.1) is 12.7 Å². The van der Waals surface area contributed by atoms with E-state index < -0.39 is 15.9 Å². The number of para-hydroxylation sites is 1. The fourth-order valence-corrected chi connectivity index (χ4v) is 4.64. The first kappa shape index (κ1) is 22.5. The number of benzene rings is 3. The van der Waals surface area contributed by atoms with Crippen molar-refractivity contribution < 1.29 is 17.6 Å². The van der Waals surface area contributed by atoms with Crippen LogP contribution in [0.5, 0.6) is 0 Å². The molecule has 0 unspecified atom stereocenters. The molecule has 0 aromatic heterocycles. The van der Waals surface area contributed by atoms with Crippen LogP contribution in [-0.4, -0.2) is 20.9 Å². The standard InChI is InChI=1S/C24H25FN2O3S/c1-3-20-6-4-5-7-23(20)27(31(29,30)22-14-8-18(2)9-15-22)17-24(28)26-16-19-10-12-21(25)13-11-19/h4-15H,3,16-17H2,1-2H3,(H,26,28). The van der Waals surface area contributed by atoms with Gasteiger partial charge in [-0.2, -0.15) is 0 Å². The molecule has 0 saturated carbocycles. The molecule has 0 fully saturated rings. The highest BCUT2D eigenvalue weighted by Crippen LogP contribution is 2.27. The number of rotatable bonds is 8. The number of hydrogen-bond acceptors (Lipinski definition) is 3. The maximum absolute atomic E-state index is 13.5. The van der Waals surface area contributed by atoms with Crippen molar-refractivity contribution in [2.75, 3.05) is 10.8 Å². The van der Waals surface area contributed by atoms with Crippen LogP contribution in [0.1, 0.15) is 23.6 Å². The van der Waals surface area contributed by atoms with Crippen LogP contribution in [0.25, 0.3) is 0 Å². The van der Waals surface area contributed by atoms with Crippen LogP contribution in [0.3, 0.4) is 0 Å². The average molecular weight is 441 g/mol. The van der Waals surface area contributed by atoms with Gasteiger partial charge in [0, 0.05) is 6.54 Å². The van der Waals surface area contributed by atoms with Crippen molar-refractivity contribution in [3.63, 3.8) is 0 Å². The third-order valence-electron chi connectivity index (χ3n) is 4.94. The molecule has 1 amide bonds. The smallest absolute Gasteiger partial charge is 0.264 e. The van der Waals surface area contributed by atoms with Crippen molar-refractivity contribution in [2.24, 2.45) is 0 Å². The van der Waals surface area contributed by atoms with Crippen molar-refractivity contribution in [1.29, 1.82) is 0 Å². The summed E-state index contributed by atoms with van der Waals surface area (Å²) >= 11 is 0. The van der Waals surface area contributed by atoms with E-state index in [0.29, 0.717) is 12.1 Å². The first-order valence-electron chi connectivity index (χ1n) is 9.99. The molecule has 0 spiro atoms. The van der Waals surface area contributed by atoms with Gasteiger partial charge < -0.3 is 5.32 Å². The van der Waals surface area contributed by atoms with Crippen molar-refractivity contribution in [3.8, 4) is 0 Å². The molecule has 0 bridgehead atoms. The van der Waals surface area contributed by atoms with E-state index in [9.17, 15) is 17.6 Å². The largest absolute Gasteiger partial charge is 0.350 e. The van der Waals surface area contributed by atoms with Gasteiger partial charge in [-0.25, -0.2) is 12.8 Å². The van der Waals surface area contributed by atoms with Crippen LogP contribution in [0.4, 0.5) is 10.1 Å². The van der Waals surface area contributed by atoms with Gasteiger partial charge in [-0.1, -0.05) is 55.0 Å². The van der Waals surface area contributed by atoms with Gasteiger partial charge in [0.25, 0.3) is 10.0 Å². The first-order valence-corrected chi connectivity index (χ1v) is 11.4. The molecule has 31 heavy (non-hydrogen) atoms. The monoisotopic (exact) mass is 440 g/mol. The van der Waals surface area contributed by atoms with E-state index in [4.69, 9.17) is 0 Å². The molecular formula is C24H25FN2O3S. The molecule has 0 saturated heterocycles. The molecule has 0 aliphatic rings. The van der Waals surface area contributed by atoms with Gasteiger partial charge in [-0.05, 0) is 54.8 Å². The normalized spacial score (nSPS) is 11.2. The number of anilines is 1. The van der Waals surface area contributed by atoms with Crippen LogP contribution in [0.2, 0.25) is 0 Å². The number of aryl methyl sites for hydroxylation is 2. The number of nitrogens with zero attached hydrogens (tertiary/aromatic N) is 1. The van der Waals surface area contributed by atoms with Crippen molar-refractivity contribution in [3.05, 3.63) is 95.3 Å². The highest BCUT2D eigenvalue weighted by molar-refractivity contribution is 7.92. The van der Waals surface area contributed by atoms with Crippen LogP contribution in [-0.2, 0) is 27.8 Å². The summed E-state index contributed by atoms with van der Waals surface area (Å²) in [6.07, 6.45) is 0.618. The number of sulfonamides is 1. The highest BCUT2D eigenvalue weighted by Gasteiger charge is 2.28. The summed E-state index contributed by atoms with van der Waals surface area (Å²) in [4.78, 5) is 12.8. The van der Waals surface area contributed by atoms with Crippen LogP contribution >= 0.6 is 0 Å². The van der Waals surface area contributed by atoms with Crippen LogP contribution in [0.15, 0.2) is 77.7 Å². The Morgan fingerprint density at radius 1 is 0.968 bits per heavy atom. The molecule has 5 nitrogen and oxygen atoms in total. The van der Waals surface area contributed by atoms with Crippen molar-refractivity contribution in [1.82, 2.24) is 5.32 Å². The SMILES string of the molecule is CCc1ccccc1N(CC(=O)NCc1ccc(F)cc1)S(=O)(=O)c1ccc(C)cc1. The van der Waals surface area contributed by atoms with E-state index in [-0.39, 0.29) is 23.8 Å². The molecule has 0 heterocycles. The topological polar surface area (TPSA) is 66.5 Å². The molecule has 3 aromatic rings. The molecule has 0 radical (unpaired) electrons. The summed E-state index contributed by atoms with van der Waals surface area (Å²) in [5.41, 5.74) is 2.96.